The molecule has 1 aromatic rings. The molecule has 22 heavy (non-hydrogen) atoms. The molecule has 0 aliphatic carbocycles. The standard InChI is InChI=1S/C16H25FN2O3/c1-12(13-4-6-14(17)7-5-13)18-15(22)8-19(3)9-16(2,10-20)11-21/h4-7,12,20-21H,8-11H2,1-3H3,(H,18,22). The molecule has 6 heteroatoms. The van der Waals surface area contributed by atoms with Crippen molar-refractivity contribution in [3.8, 4) is 0 Å². The van der Waals surface area contributed by atoms with Gasteiger partial charge in [0, 0.05) is 12.0 Å². The predicted molar refractivity (Wildman–Crippen MR) is 82.7 cm³/mol. The van der Waals surface area contributed by atoms with Crippen LogP contribution < -0.4 is 5.32 Å². The molecule has 1 atom stereocenters. The van der Waals surface area contributed by atoms with E-state index < -0.39 is 5.41 Å². The minimum atomic E-state index is -0.641. The van der Waals surface area contributed by atoms with Crippen LogP contribution in [0.25, 0.3) is 0 Å². The fourth-order valence-electron chi connectivity index (χ4n) is 2.22. The second kappa shape index (κ2) is 8.22. The highest BCUT2D eigenvalue weighted by atomic mass is 19.1. The Balaban J connectivity index is 2.50. The fourth-order valence-corrected chi connectivity index (χ4v) is 2.22. The Morgan fingerprint density at radius 3 is 2.36 bits per heavy atom. The Kier molecular flexibility index (Phi) is 6.93. The van der Waals surface area contributed by atoms with E-state index in [4.69, 9.17) is 0 Å². The highest BCUT2D eigenvalue weighted by molar-refractivity contribution is 5.78. The van der Waals surface area contributed by atoms with Crippen molar-refractivity contribution < 1.29 is 19.4 Å². The summed E-state index contributed by atoms with van der Waals surface area (Å²) in [6.45, 7) is 3.83. The molecular formula is C16H25FN2O3. The van der Waals surface area contributed by atoms with E-state index in [9.17, 15) is 19.4 Å². The molecule has 0 aliphatic rings. The molecule has 0 saturated heterocycles. The zero-order valence-corrected chi connectivity index (χ0v) is 13.3. The first-order chi connectivity index (χ1) is 10.3. The molecule has 0 aliphatic heterocycles. The normalized spacial score (nSPS) is 13.2. The number of likely N-dealkylation sites (N-methyl/N-ethyl adjacent to an activating group) is 1. The third kappa shape index (κ3) is 5.71. The molecule has 5 nitrogen and oxygen atoms in total. The number of amides is 1. The maximum absolute atomic E-state index is 12.9. The maximum Gasteiger partial charge on any atom is 0.234 e. The van der Waals surface area contributed by atoms with Gasteiger partial charge in [-0.2, -0.15) is 0 Å². The van der Waals surface area contributed by atoms with E-state index in [1.807, 2.05) is 6.92 Å². The van der Waals surface area contributed by atoms with Gasteiger partial charge in [-0.1, -0.05) is 19.1 Å². The van der Waals surface area contributed by atoms with Crippen molar-refractivity contribution in [2.75, 3.05) is 33.4 Å². The zero-order valence-electron chi connectivity index (χ0n) is 13.3. The Morgan fingerprint density at radius 2 is 1.86 bits per heavy atom. The maximum atomic E-state index is 12.9. The summed E-state index contributed by atoms with van der Waals surface area (Å²) in [6.07, 6.45) is 0. The van der Waals surface area contributed by atoms with Gasteiger partial charge in [0.15, 0.2) is 0 Å². The molecule has 3 N–H and O–H groups in total. The van der Waals surface area contributed by atoms with E-state index in [2.05, 4.69) is 5.32 Å². The Morgan fingerprint density at radius 1 is 1.32 bits per heavy atom. The third-order valence-corrected chi connectivity index (χ3v) is 3.58. The summed E-state index contributed by atoms with van der Waals surface area (Å²) in [4.78, 5) is 13.8. The van der Waals surface area contributed by atoms with Gasteiger partial charge in [0.25, 0.3) is 0 Å². The van der Waals surface area contributed by atoms with Crippen molar-refractivity contribution in [2.45, 2.75) is 19.9 Å². The predicted octanol–water partition coefficient (Wildman–Crippen LogP) is 0.926. The minimum Gasteiger partial charge on any atom is -0.396 e. The molecule has 0 heterocycles. The number of rotatable bonds is 8. The summed E-state index contributed by atoms with van der Waals surface area (Å²) in [5, 5.41) is 21.4. The molecule has 0 bridgehead atoms. The average Bonchev–Trinajstić information content (AvgIpc) is 2.47. The Hall–Kier alpha value is -1.50. The van der Waals surface area contributed by atoms with Crippen molar-refractivity contribution in [3.63, 3.8) is 0 Å². The lowest BCUT2D eigenvalue weighted by molar-refractivity contribution is -0.123. The fraction of sp³-hybridized carbons (Fsp3) is 0.562. The lowest BCUT2D eigenvalue weighted by atomic mass is 9.92. The molecule has 1 aromatic carbocycles. The van der Waals surface area contributed by atoms with Gasteiger partial charge in [-0.05, 0) is 31.7 Å². The van der Waals surface area contributed by atoms with E-state index in [0.29, 0.717) is 6.54 Å². The zero-order chi connectivity index (χ0) is 16.8. The Bertz CT molecular complexity index is 475. The largest absolute Gasteiger partial charge is 0.396 e. The summed E-state index contributed by atoms with van der Waals surface area (Å²) in [5.74, 6) is -0.480. The van der Waals surface area contributed by atoms with Crippen LogP contribution >= 0.6 is 0 Å². The monoisotopic (exact) mass is 312 g/mol. The van der Waals surface area contributed by atoms with Gasteiger partial charge in [0.2, 0.25) is 5.91 Å². The van der Waals surface area contributed by atoms with Gasteiger partial charge in [0.05, 0.1) is 25.8 Å². The van der Waals surface area contributed by atoms with Crippen molar-refractivity contribution in [2.24, 2.45) is 5.41 Å². The minimum absolute atomic E-state index is 0.151. The first kappa shape index (κ1) is 18.5. The second-order valence-corrected chi connectivity index (χ2v) is 6.14. The van der Waals surface area contributed by atoms with Crippen LogP contribution in [0, 0.1) is 11.2 Å². The number of nitrogens with zero attached hydrogens (tertiary/aromatic N) is 1. The first-order valence-corrected chi connectivity index (χ1v) is 7.25. The van der Waals surface area contributed by atoms with E-state index in [1.54, 1.807) is 31.0 Å². The number of aliphatic hydroxyl groups excluding tert-OH is 2. The first-order valence-electron chi connectivity index (χ1n) is 7.25. The van der Waals surface area contributed by atoms with E-state index in [0.717, 1.165) is 5.56 Å². The summed E-state index contributed by atoms with van der Waals surface area (Å²) in [7, 11) is 1.76. The van der Waals surface area contributed by atoms with Gasteiger partial charge < -0.3 is 15.5 Å². The van der Waals surface area contributed by atoms with Crippen LogP contribution in [-0.2, 0) is 4.79 Å². The number of carbonyl (C=O) groups is 1. The number of benzene rings is 1. The number of aliphatic hydroxyl groups is 2. The summed E-state index contributed by atoms with van der Waals surface area (Å²) < 4.78 is 12.9. The van der Waals surface area contributed by atoms with Crippen LogP contribution in [0.5, 0.6) is 0 Å². The molecule has 1 rings (SSSR count). The van der Waals surface area contributed by atoms with Crippen LogP contribution in [0.3, 0.4) is 0 Å². The molecule has 0 saturated carbocycles. The van der Waals surface area contributed by atoms with Crippen molar-refractivity contribution in [1.29, 1.82) is 0 Å². The van der Waals surface area contributed by atoms with Crippen molar-refractivity contribution in [1.82, 2.24) is 10.2 Å². The van der Waals surface area contributed by atoms with Crippen molar-refractivity contribution >= 4 is 5.91 Å². The number of hydrogen-bond donors (Lipinski definition) is 3. The molecule has 124 valence electrons. The van der Waals surface area contributed by atoms with Crippen LogP contribution in [0.1, 0.15) is 25.5 Å². The summed E-state index contributed by atoms with van der Waals surface area (Å²) in [5.41, 5.74) is 0.186. The molecule has 0 spiro atoms. The number of halogens is 1. The number of hydrogen-bond acceptors (Lipinski definition) is 4. The lowest BCUT2D eigenvalue weighted by Gasteiger charge is -2.30. The third-order valence-electron chi connectivity index (χ3n) is 3.58. The topological polar surface area (TPSA) is 72.8 Å². The molecule has 0 radical (unpaired) electrons. The number of nitrogens with one attached hydrogen (secondary N) is 1. The lowest BCUT2D eigenvalue weighted by Crippen LogP contribution is -2.43. The van der Waals surface area contributed by atoms with E-state index >= 15 is 0 Å². The molecule has 0 aromatic heterocycles. The smallest absolute Gasteiger partial charge is 0.234 e. The molecule has 1 unspecified atom stereocenters. The van der Waals surface area contributed by atoms with Crippen LogP contribution in [0.4, 0.5) is 4.39 Å². The quantitative estimate of drug-likeness (QED) is 0.667. The summed E-state index contributed by atoms with van der Waals surface area (Å²) in [6, 6.07) is 5.77. The Labute approximate surface area is 130 Å². The van der Waals surface area contributed by atoms with E-state index in [1.165, 1.54) is 12.1 Å². The van der Waals surface area contributed by atoms with Crippen LogP contribution in [0.2, 0.25) is 0 Å². The SMILES string of the molecule is CC(NC(=O)CN(C)CC(C)(CO)CO)c1ccc(F)cc1. The van der Waals surface area contributed by atoms with Gasteiger partial charge in [0.1, 0.15) is 5.82 Å². The van der Waals surface area contributed by atoms with Crippen LogP contribution in [-0.4, -0.2) is 54.4 Å². The number of carbonyl (C=O) groups excluding carboxylic acids is 1. The molecule has 0 fully saturated rings. The summed E-state index contributed by atoms with van der Waals surface area (Å²) >= 11 is 0. The van der Waals surface area contributed by atoms with E-state index in [-0.39, 0.29) is 37.5 Å². The van der Waals surface area contributed by atoms with Gasteiger partial charge in [-0.3, -0.25) is 9.69 Å². The van der Waals surface area contributed by atoms with Crippen LogP contribution in [0.15, 0.2) is 24.3 Å². The molecule has 1 amide bonds. The van der Waals surface area contributed by atoms with Gasteiger partial charge in [-0.25, -0.2) is 4.39 Å². The van der Waals surface area contributed by atoms with Gasteiger partial charge in [-0.15, -0.1) is 0 Å². The molecular weight excluding hydrogens is 287 g/mol. The second-order valence-electron chi connectivity index (χ2n) is 6.14. The van der Waals surface area contributed by atoms with Gasteiger partial charge >= 0.3 is 0 Å². The van der Waals surface area contributed by atoms with Crippen molar-refractivity contribution in [3.05, 3.63) is 35.6 Å². The highest BCUT2D eigenvalue weighted by Gasteiger charge is 2.25. The highest BCUT2D eigenvalue weighted by Crippen LogP contribution is 2.16. The average molecular weight is 312 g/mol.